The van der Waals surface area contributed by atoms with Crippen molar-refractivity contribution in [3.8, 4) is 0 Å². The van der Waals surface area contributed by atoms with Crippen molar-refractivity contribution in [3.05, 3.63) is 91.0 Å². The highest BCUT2D eigenvalue weighted by atomic mass is 79.9. The van der Waals surface area contributed by atoms with Gasteiger partial charge in [-0.3, -0.25) is 0 Å². The number of methoxy groups -OCH3 is 1. The van der Waals surface area contributed by atoms with Crippen LogP contribution in [0.1, 0.15) is 19.3 Å². The van der Waals surface area contributed by atoms with Crippen LogP contribution in [-0.2, 0) is 4.74 Å². The summed E-state index contributed by atoms with van der Waals surface area (Å²) in [5.41, 5.74) is 0. The number of rotatable bonds is 9. The fraction of sp³-hybridized carbons (Fsp3) is 0.250. The summed E-state index contributed by atoms with van der Waals surface area (Å²) < 4.78 is 5.24. The minimum atomic E-state index is -1.64. The Morgan fingerprint density at radius 3 is 1.37 bits per heavy atom. The van der Waals surface area contributed by atoms with Gasteiger partial charge in [0.2, 0.25) is 0 Å². The molecule has 0 unspecified atom stereocenters. The fourth-order valence-corrected chi connectivity index (χ4v) is 8.06. The second kappa shape index (κ2) is 11.4. The van der Waals surface area contributed by atoms with Crippen molar-refractivity contribution in [1.82, 2.24) is 0 Å². The van der Waals surface area contributed by atoms with E-state index in [1.54, 1.807) is 7.11 Å². The van der Waals surface area contributed by atoms with Gasteiger partial charge in [-0.1, -0.05) is 54.6 Å². The Balaban J connectivity index is 0.00000261. The molecule has 0 atom stereocenters. The van der Waals surface area contributed by atoms with Gasteiger partial charge in [0.25, 0.3) is 0 Å². The Hall–Kier alpha value is -1.47. The van der Waals surface area contributed by atoms with Crippen molar-refractivity contribution in [3.63, 3.8) is 0 Å². The first-order chi connectivity index (χ1) is 12.9. The van der Waals surface area contributed by atoms with E-state index in [-0.39, 0.29) is 17.0 Å². The Labute approximate surface area is 174 Å². The highest BCUT2D eigenvalue weighted by Gasteiger charge is 2.44. The molecule has 0 aliphatic rings. The average molecular weight is 443 g/mol. The highest BCUT2D eigenvalue weighted by Crippen LogP contribution is 2.55. The normalized spacial score (nSPS) is 11.0. The van der Waals surface area contributed by atoms with E-state index in [1.807, 2.05) is 0 Å². The van der Waals surface area contributed by atoms with Crippen LogP contribution in [0, 0.1) is 0 Å². The Morgan fingerprint density at radius 1 is 0.593 bits per heavy atom. The van der Waals surface area contributed by atoms with Crippen molar-refractivity contribution in [2.45, 2.75) is 19.3 Å². The summed E-state index contributed by atoms with van der Waals surface area (Å²) >= 11 is 0. The van der Waals surface area contributed by atoms with Crippen molar-refractivity contribution >= 4 is 23.2 Å². The van der Waals surface area contributed by atoms with Gasteiger partial charge >= 0.3 is 0 Å². The Bertz CT molecular complexity index is 665. The van der Waals surface area contributed by atoms with E-state index >= 15 is 0 Å². The predicted molar refractivity (Wildman–Crippen MR) is 116 cm³/mol. The number of ether oxygens (including phenoxy) is 1. The zero-order valence-electron chi connectivity index (χ0n) is 15.9. The molecular weight excluding hydrogens is 415 g/mol. The van der Waals surface area contributed by atoms with Crippen LogP contribution in [0.3, 0.4) is 0 Å². The number of benzene rings is 3. The van der Waals surface area contributed by atoms with Gasteiger partial charge in [-0.15, -0.1) is 0 Å². The van der Waals surface area contributed by atoms with Gasteiger partial charge in [0.15, 0.2) is 0 Å². The van der Waals surface area contributed by atoms with Crippen molar-refractivity contribution in [2.75, 3.05) is 19.9 Å². The summed E-state index contributed by atoms with van der Waals surface area (Å²) in [4.78, 5) is 0. The zero-order chi connectivity index (χ0) is 18.1. The minimum Gasteiger partial charge on any atom is -1.00 e. The van der Waals surface area contributed by atoms with Gasteiger partial charge in [-0.2, -0.15) is 0 Å². The molecule has 3 rings (SSSR count). The lowest BCUT2D eigenvalue weighted by Crippen LogP contribution is -3.00. The molecule has 0 saturated carbocycles. The molecule has 142 valence electrons. The second-order valence-electron chi connectivity index (χ2n) is 6.59. The van der Waals surface area contributed by atoms with Crippen molar-refractivity contribution in [2.24, 2.45) is 0 Å². The molecule has 0 amide bonds. The van der Waals surface area contributed by atoms with Gasteiger partial charge in [-0.25, -0.2) is 0 Å². The lowest BCUT2D eigenvalue weighted by atomic mass is 10.3. The molecule has 0 spiro atoms. The quantitative estimate of drug-likeness (QED) is 0.362. The second-order valence-corrected chi connectivity index (χ2v) is 10.2. The summed E-state index contributed by atoms with van der Waals surface area (Å²) in [6.45, 7) is 0.855. The Kier molecular flexibility index (Phi) is 9.21. The van der Waals surface area contributed by atoms with E-state index in [9.17, 15) is 0 Å². The van der Waals surface area contributed by atoms with Crippen LogP contribution < -0.4 is 32.9 Å². The molecule has 1 nitrogen and oxygen atoms in total. The van der Waals surface area contributed by atoms with Gasteiger partial charge in [0.1, 0.15) is 23.2 Å². The van der Waals surface area contributed by atoms with Gasteiger partial charge < -0.3 is 21.7 Å². The largest absolute Gasteiger partial charge is 1.00 e. The lowest BCUT2D eigenvalue weighted by molar-refractivity contribution is -0.00000551. The van der Waals surface area contributed by atoms with Crippen molar-refractivity contribution in [1.29, 1.82) is 0 Å². The van der Waals surface area contributed by atoms with E-state index in [2.05, 4.69) is 91.0 Å². The first-order valence-electron chi connectivity index (χ1n) is 9.42. The molecule has 3 aromatic carbocycles. The summed E-state index contributed by atoms with van der Waals surface area (Å²) in [6, 6.07) is 33.4. The van der Waals surface area contributed by atoms with E-state index in [0.717, 1.165) is 13.0 Å². The zero-order valence-corrected chi connectivity index (χ0v) is 18.4. The van der Waals surface area contributed by atoms with Crippen LogP contribution in [0.5, 0.6) is 0 Å². The first kappa shape index (κ1) is 21.8. The van der Waals surface area contributed by atoms with E-state index in [4.69, 9.17) is 4.74 Å². The number of hydrogen-bond acceptors (Lipinski definition) is 1. The summed E-state index contributed by atoms with van der Waals surface area (Å²) in [5.74, 6) is 0. The van der Waals surface area contributed by atoms with Crippen LogP contribution in [0.4, 0.5) is 0 Å². The van der Waals surface area contributed by atoms with E-state index < -0.39 is 7.26 Å². The fourth-order valence-electron chi connectivity index (χ4n) is 3.65. The van der Waals surface area contributed by atoms with E-state index in [1.165, 1.54) is 34.9 Å². The van der Waals surface area contributed by atoms with Gasteiger partial charge in [-0.05, 0) is 55.7 Å². The monoisotopic (exact) mass is 442 g/mol. The lowest BCUT2D eigenvalue weighted by Gasteiger charge is -2.27. The van der Waals surface area contributed by atoms with Crippen LogP contribution >= 0.6 is 7.26 Å². The summed E-state index contributed by atoms with van der Waals surface area (Å²) in [7, 11) is 0.144. The smallest absolute Gasteiger partial charge is 0.112 e. The first-order valence-corrected chi connectivity index (χ1v) is 11.4. The van der Waals surface area contributed by atoms with Crippen LogP contribution in [0.2, 0.25) is 0 Å². The van der Waals surface area contributed by atoms with Gasteiger partial charge in [0.05, 0.1) is 6.16 Å². The third-order valence-corrected chi connectivity index (χ3v) is 9.46. The maximum atomic E-state index is 5.24. The van der Waals surface area contributed by atoms with Crippen LogP contribution in [-0.4, -0.2) is 19.9 Å². The van der Waals surface area contributed by atoms with Crippen molar-refractivity contribution < 1.29 is 21.7 Å². The van der Waals surface area contributed by atoms with Gasteiger partial charge in [0, 0.05) is 13.7 Å². The SMILES string of the molecule is COCCCCC[P+](c1ccccc1)(c1ccccc1)c1ccccc1.[Br-]. The summed E-state index contributed by atoms with van der Waals surface area (Å²) in [6.07, 6.45) is 4.77. The maximum absolute atomic E-state index is 5.24. The highest BCUT2D eigenvalue weighted by molar-refractivity contribution is 7.95. The molecular formula is C24H28BrOP. The number of unbranched alkanes of at least 4 members (excludes halogenated alkanes) is 2. The molecule has 0 aromatic heterocycles. The van der Waals surface area contributed by atoms with Crippen LogP contribution in [0.25, 0.3) is 0 Å². The van der Waals surface area contributed by atoms with E-state index in [0.29, 0.717) is 0 Å². The topological polar surface area (TPSA) is 9.23 Å². The molecule has 0 fully saturated rings. The number of hydrogen-bond donors (Lipinski definition) is 0. The molecule has 0 bridgehead atoms. The molecule has 0 heterocycles. The molecule has 0 aliphatic carbocycles. The van der Waals surface area contributed by atoms with Crippen LogP contribution in [0.15, 0.2) is 91.0 Å². The molecule has 0 N–H and O–H groups in total. The molecule has 0 radical (unpaired) electrons. The third kappa shape index (κ3) is 5.29. The predicted octanol–water partition coefficient (Wildman–Crippen LogP) is 1.80. The molecule has 0 aliphatic heterocycles. The molecule has 3 aromatic rings. The third-order valence-electron chi connectivity index (χ3n) is 4.93. The molecule has 0 saturated heterocycles. The number of halogens is 1. The minimum absolute atomic E-state index is 0. The summed E-state index contributed by atoms with van der Waals surface area (Å²) in [5, 5.41) is 4.43. The molecule has 3 heteroatoms. The Morgan fingerprint density at radius 2 is 1.00 bits per heavy atom. The molecule has 27 heavy (non-hydrogen) atoms. The average Bonchev–Trinajstić information content (AvgIpc) is 2.73. The maximum Gasteiger partial charge on any atom is 0.112 e. The standard InChI is InChI=1S/C24H28OP.BrH/c1-25-20-12-5-13-21-26(22-14-6-2-7-15-22,23-16-8-3-9-17-23)24-18-10-4-11-19-24;/h2-4,6-11,14-19H,5,12-13,20-21H2,1H3;1H/q+1;/p-1.